The molecule has 1 aromatic heterocycles. The third-order valence-corrected chi connectivity index (χ3v) is 6.65. The summed E-state index contributed by atoms with van der Waals surface area (Å²) >= 11 is 1.21. The van der Waals surface area contributed by atoms with E-state index in [4.69, 9.17) is 4.74 Å². The predicted molar refractivity (Wildman–Crippen MR) is 96.2 cm³/mol. The molecule has 0 spiro atoms. The number of thiophene rings is 1. The minimum absolute atomic E-state index is 0.181. The molecule has 0 aliphatic heterocycles. The summed E-state index contributed by atoms with van der Waals surface area (Å²) in [5.74, 6) is -0.566. The second-order valence-electron chi connectivity index (χ2n) is 5.64. The molecule has 26 heavy (non-hydrogen) atoms. The van der Waals surface area contributed by atoms with Crippen LogP contribution in [-0.2, 0) is 27.6 Å². The molecule has 0 amide bonds. The van der Waals surface area contributed by atoms with Crippen molar-refractivity contribution in [3.8, 4) is 0 Å². The predicted octanol–water partition coefficient (Wildman–Crippen LogP) is 3.12. The number of carbonyl (C=O) groups excluding carboxylic acids is 1. The van der Waals surface area contributed by atoms with Crippen molar-refractivity contribution in [3.05, 3.63) is 50.4 Å². The van der Waals surface area contributed by atoms with Crippen molar-refractivity contribution < 1.29 is 22.9 Å². The van der Waals surface area contributed by atoms with Gasteiger partial charge in [-0.2, -0.15) is 0 Å². The summed E-state index contributed by atoms with van der Waals surface area (Å²) in [6.07, 6.45) is 2.38. The highest BCUT2D eigenvalue weighted by molar-refractivity contribution is 7.93. The lowest BCUT2D eigenvalue weighted by molar-refractivity contribution is -0.385. The number of ether oxygens (including phenoxy) is 1. The molecule has 1 aromatic carbocycles. The Bertz CT molecular complexity index is 981. The van der Waals surface area contributed by atoms with E-state index in [1.807, 2.05) is 0 Å². The number of sulfonamides is 1. The van der Waals surface area contributed by atoms with Crippen LogP contribution >= 0.6 is 11.3 Å². The van der Waals surface area contributed by atoms with E-state index < -0.39 is 20.9 Å². The van der Waals surface area contributed by atoms with E-state index in [0.717, 1.165) is 29.3 Å². The highest BCUT2D eigenvalue weighted by Crippen LogP contribution is 2.40. The Kier molecular flexibility index (Phi) is 4.97. The molecule has 10 heteroatoms. The van der Waals surface area contributed by atoms with E-state index in [2.05, 4.69) is 4.72 Å². The monoisotopic (exact) mass is 396 g/mol. The van der Waals surface area contributed by atoms with Crippen LogP contribution in [0.25, 0.3) is 0 Å². The van der Waals surface area contributed by atoms with Gasteiger partial charge in [-0.05, 0) is 37.8 Å². The third kappa shape index (κ3) is 3.42. The molecule has 1 heterocycles. The number of benzene rings is 1. The number of nitro groups is 1. The summed E-state index contributed by atoms with van der Waals surface area (Å²) in [6, 6.07) is 4.75. The number of aryl methyl sites for hydroxylation is 1. The molecule has 8 nitrogen and oxygen atoms in total. The first-order valence-electron chi connectivity index (χ1n) is 7.92. The zero-order valence-corrected chi connectivity index (χ0v) is 15.5. The molecule has 0 fully saturated rings. The first kappa shape index (κ1) is 18.3. The highest BCUT2D eigenvalue weighted by atomic mass is 32.2. The smallest absolute Gasteiger partial charge is 0.341 e. The molecule has 0 unspecified atom stereocenters. The van der Waals surface area contributed by atoms with Crippen molar-refractivity contribution in [2.24, 2.45) is 0 Å². The fourth-order valence-electron chi connectivity index (χ4n) is 2.84. The first-order chi connectivity index (χ1) is 12.3. The van der Waals surface area contributed by atoms with Crippen molar-refractivity contribution in [1.29, 1.82) is 0 Å². The van der Waals surface area contributed by atoms with E-state index in [1.165, 1.54) is 29.5 Å². The molecular weight excluding hydrogens is 380 g/mol. The number of nitrogens with one attached hydrogen (secondary N) is 1. The van der Waals surface area contributed by atoms with Crippen LogP contribution < -0.4 is 4.72 Å². The van der Waals surface area contributed by atoms with Gasteiger partial charge in [0.05, 0.1) is 22.0 Å². The summed E-state index contributed by atoms with van der Waals surface area (Å²) in [4.78, 5) is 23.2. The molecule has 1 aliphatic rings. The van der Waals surface area contributed by atoms with Crippen LogP contribution in [0.1, 0.15) is 34.1 Å². The number of hydrogen-bond acceptors (Lipinski definition) is 7. The molecule has 0 atom stereocenters. The van der Waals surface area contributed by atoms with Gasteiger partial charge in [0.2, 0.25) is 0 Å². The van der Waals surface area contributed by atoms with Gasteiger partial charge in [0, 0.05) is 17.0 Å². The van der Waals surface area contributed by atoms with Crippen LogP contribution in [0.5, 0.6) is 0 Å². The van der Waals surface area contributed by atoms with Gasteiger partial charge in [0.1, 0.15) is 5.00 Å². The summed E-state index contributed by atoms with van der Waals surface area (Å²) in [6.45, 7) is 1.86. The van der Waals surface area contributed by atoms with Gasteiger partial charge in [-0.3, -0.25) is 14.8 Å². The highest BCUT2D eigenvalue weighted by Gasteiger charge is 2.30. The number of anilines is 1. The number of non-ortho nitro benzene ring substituents is 1. The van der Waals surface area contributed by atoms with Crippen LogP contribution in [0.2, 0.25) is 0 Å². The minimum atomic E-state index is -4.08. The van der Waals surface area contributed by atoms with Gasteiger partial charge in [-0.1, -0.05) is 6.07 Å². The van der Waals surface area contributed by atoms with Crippen LogP contribution in [0.3, 0.4) is 0 Å². The summed E-state index contributed by atoms with van der Waals surface area (Å²) in [7, 11) is -4.08. The maximum atomic E-state index is 12.7. The maximum absolute atomic E-state index is 12.7. The molecule has 2 aromatic rings. The Hall–Kier alpha value is -2.46. The van der Waals surface area contributed by atoms with Crippen LogP contribution in [0, 0.1) is 10.1 Å². The summed E-state index contributed by atoms with van der Waals surface area (Å²) in [5.41, 5.74) is 0.746. The molecule has 3 rings (SSSR count). The van der Waals surface area contributed by atoms with E-state index in [1.54, 1.807) is 6.92 Å². The Morgan fingerprint density at radius 3 is 2.85 bits per heavy atom. The van der Waals surface area contributed by atoms with Crippen molar-refractivity contribution in [1.82, 2.24) is 0 Å². The van der Waals surface area contributed by atoms with Gasteiger partial charge in [0.25, 0.3) is 15.7 Å². The maximum Gasteiger partial charge on any atom is 0.341 e. The molecule has 0 saturated carbocycles. The Labute approximate surface area is 154 Å². The minimum Gasteiger partial charge on any atom is -0.462 e. The second-order valence-corrected chi connectivity index (χ2v) is 8.43. The normalized spacial score (nSPS) is 13.3. The van der Waals surface area contributed by atoms with Crippen molar-refractivity contribution in [3.63, 3.8) is 0 Å². The van der Waals surface area contributed by atoms with Gasteiger partial charge >= 0.3 is 5.97 Å². The largest absolute Gasteiger partial charge is 0.462 e. The van der Waals surface area contributed by atoms with Crippen molar-refractivity contribution in [2.45, 2.75) is 31.1 Å². The molecule has 0 radical (unpaired) electrons. The zero-order valence-electron chi connectivity index (χ0n) is 13.9. The van der Waals surface area contributed by atoms with E-state index >= 15 is 0 Å². The quantitative estimate of drug-likeness (QED) is 0.456. The van der Waals surface area contributed by atoms with E-state index in [0.29, 0.717) is 6.42 Å². The summed E-state index contributed by atoms with van der Waals surface area (Å²) in [5, 5.41) is 11.1. The van der Waals surface area contributed by atoms with Crippen LogP contribution in [-0.4, -0.2) is 25.9 Å². The van der Waals surface area contributed by atoms with Gasteiger partial charge < -0.3 is 4.74 Å². The fraction of sp³-hybridized carbons (Fsp3) is 0.312. The lowest BCUT2D eigenvalue weighted by Gasteiger charge is -2.09. The Balaban J connectivity index is 1.99. The summed E-state index contributed by atoms with van der Waals surface area (Å²) < 4.78 is 32.8. The molecule has 138 valence electrons. The van der Waals surface area contributed by atoms with Gasteiger partial charge in [-0.15, -0.1) is 11.3 Å². The Morgan fingerprint density at radius 2 is 2.15 bits per heavy atom. The topological polar surface area (TPSA) is 116 Å². The number of nitrogens with zero attached hydrogens (tertiary/aromatic N) is 1. The van der Waals surface area contributed by atoms with Crippen LogP contribution in [0.4, 0.5) is 10.7 Å². The molecular formula is C16H16N2O6S2. The SMILES string of the molecule is CCOC(=O)c1c(NS(=O)(=O)c2cccc([N+](=O)[O-])c2)sc2c1CCC2. The first-order valence-corrected chi connectivity index (χ1v) is 10.2. The average Bonchev–Trinajstić information content (AvgIpc) is 3.15. The van der Waals surface area contributed by atoms with E-state index in [9.17, 15) is 23.3 Å². The molecule has 1 aliphatic carbocycles. The fourth-order valence-corrected chi connectivity index (χ4v) is 5.46. The van der Waals surface area contributed by atoms with Crippen LogP contribution in [0.15, 0.2) is 29.2 Å². The third-order valence-electron chi connectivity index (χ3n) is 3.97. The number of nitro benzene ring substituents is 1. The average molecular weight is 396 g/mol. The number of rotatable bonds is 6. The molecule has 0 saturated heterocycles. The van der Waals surface area contributed by atoms with Crippen molar-refractivity contribution >= 4 is 38.0 Å². The Morgan fingerprint density at radius 1 is 1.38 bits per heavy atom. The number of fused-ring (bicyclic) bond motifs is 1. The zero-order chi connectivity index (χ0) is 18.9. The molecule has 0 bridgehead atoms. The van der Waals surface area contributed by atoms with E-state index in [-0.39, 0.29) is 27.8 Å². The number of hydrogen-bond donors (Lipinski definition) is 1. The van der Waals surface area contributed by atoms with Crippen molar-refractivity contribution in [2.75, 3.05) is 11.3 Å². The molecule has 1 N–H and O–H groups in total. The number of carbonyl (C=O) groups is 1. The lowest BCUT2D eigenvalue weighted by Crippen LogP contribution is -2.16. The lowest BCUT2D eigenvalue weighted by atomic mass is 10.1. The number of esters is 1. The van der Waals surface area contributed by atoms with Gasteiger partial charge in [-0.25, -0.2) is 13.2 Å². The van der Waals surface area contributed by atoms with Gasteiger partial charge in [0.15, 0.2) is 0 Å². The second kappa shape index (κ2) is 7.04. The standard InChI is InChI=1S/C16H16N2O6S2/c1-2-24-16(19)14-12-7-4-8-13(12)25-15(14)17-26(22,23)11-6-3-5-10(9-11)18(20)21/h3,5-6,9,17H,2,4,7-8H2,1H3.